The summed E-state index contributed by atoms with van der Waals surface area (Å²) in [6.45, 7) is 8.43. The average Bonchev–Trinajstić information content (AvgIpc) is 2.48. The Labute approximate surface area is 132 Å². The van der Waals surface area contributed by atoms with Crippen LogP contribution in [0.1, 0.15) is 42.3 Å². The molecule has 22 heavy (non-hydrogen) atoms. The lowest BCUT2D eigenvalue weighted by Crippen LogP contribution is -2.14. The molecule has 0 unspecified atom stereocenters. The van der Waals surface area contributed by atoms with Crippen LogP contribution in [-0.4, -0.2) is 13.0 Å². The first-order chi connectivity index (χ1) is 10.3. The molecular weight excluding hydrogens is 274 g/mol. The Kier molecular flexibility index (Phi) is 4.55. The maximum atomic E-state index is 12.3. The molecule has 0 heterocycles. The van der Waals surface area contributed by atoms with Crippen molar-refractivity contribution in [3.63, 3.8) is 0 Å². The summed E-state index contributed by atoms with van der Waals surface area (Å²) < 4.78 is 5.27. The lowest BCUT2D eigenvalue weighted by Gasteiger charge is -2.19. The van der Waals surface area contributed by atoms with E-state index in [0.717, 1.165) is 17.0 Å². The van der Waals surface area contributed by atoms with Crippen molar-refractivity contribution in [2.24, 2.45) is 0 Å². The summed E-state index contributed by atoms with van der Waals surface area (Å²) in [5.74, 6) is 0.646. The summed E-state index contributed by atoms with van der Waals surface area (Å²) in [5.41, 5.74) is 3.70. The maximum Gasteiger partial charge on any atom is 0.255 e. The molecule has 0 saturated heterocycles. The Hall–Kier alpha value is -2.29. The van der Waals surface area contributed by atoms with E-state index >= 15 is 0 Å². The number of aryl methyl sites for hydroxylation is 1. The van der Waals surface area contributed by atoms with E-state index in [1.54, 1.807) is 7.11 Å². The summed E-state index contributed by atoms with van der Waals surface area (Å²) in [7, 11) is 1.62. The van der Waals surface area contributed by atoms with Crippen LogP contribution in [0.2, 0.25) is 0 Å². The normalized spacial score (nSPS) is 11.1. The number of carbonyl (C=O) groups excluding carboxylic acids is 1. The number of ether oxygens (including phenoxy) is 1. The molecule has 0 bridgehead atoms. The molecule has 3 heteroatoms. The van der Waals surface area contributed by atoms with Crippen LogP contribution in [0.25, 0.3) is 0 Å². The molecule has 3 nitrogen and oxygen atoms in total. The summed E-state index contributed by atoms with van der Waals surface area (Å²) in [6, 6.07) is 13.4. The monoisotopic (exact) mass is 297 g/mol. The second kappa shape index (κ2) is 6.22. The van der Waals surface area contributed by atoms with Crippen LogP contribution in [0, 0.1) is 6.92 Å². The highest BCUT2D eigenvalue weighted by Crippen LogP contribution is 2.24. The molecule has 0 saturated carbocycles. The lowest BCUT2D eigenvalue weighted by molar-refractivity contribution is 0.102. The molecule has 1 N–H and O–H groups in total. The largest absolute Gasteiger partial charge is 0.496 e. The van der Waals surface area contributed by atoms with Gasteiger partial charge in [0.05, 0.1) is 7.11 Å². The first-order valence-corrected chi connectivity index (χ1v) is 7.38. The first kappa shape index (κ1) is 16.1. The van der Waals surface area contributed by atoms with E-state index < -0.39 is 0 Å². The molecular formula is C19H23NO2. The van der Waals surface area contributed by atoms with Crippen molar-refractivity contribution in [2.45, 2.75) is 33.1 Å². The number of benzene rings is 2. The van der Waals surface area contributed by atoms with E-state index in [1.165, 1.54) is 5.56 Å². The minimum atomic E-state index is -0.119. The van der Waals surface area contributed by atoms with Crippen LogP contribution < -0.4 is 10.1 Å². The molecule has 0 spiro atoms. The van der Waals surface area contributed by atoms with Gasteiger partial charge in [-0.3, -0.25) is 4.79 Å². The average molecular weight is 297 g/mol. The summed E-state index contributed by atoms with van der Waals surface area (Å²) in [4.78, 5) is 12.3. The second-order valence-electron chi connectivity index (χ2n) is 6.47. The fourth-order valence-corrected chi connectivity index (χ4v) is 2.22. The topological polar surface area (TPSA) is 38.3 Å². The van der Waals surface area contributed by atoms with Crippen molar-refractivity contribution >= 4 is 11.6 Å². The number of carbonyl (C=O) groups is 1. The number of hydrogen-bond acceptors (Lipinski definition) is 2. The van der Waals surface area contributed by atoms with Crippen LogP contribution in [-0.2, 0) is 5.41 Å². The van der Waals surface area contributed by atoms with Crippen LogP contribution in [0.5, 0.6) is 5.75 Å². The van der Waals surface area contributed by atoms with Crippen LogP contribution in [0.15, 0.2) is 42.5 Å². The number of anilines is 1. The fourth-order valence-electron chi connectivity index (χ4n) is 2.22. The van der Waals surface area contributed by atoms with Crippen molar-refractivity contribution in [1.29, 1.82) is 0 Å². The van der Waals surface area contributed by atoms with Crippen molar-refractivity contribution in [1.82, 2.24) is 0 Å². The molecule has 0 aliphatic heterocycles. The number of rotatable bonds is 3. The van der Waals surface area contributed by atoms with Gasteiger partial charge in [0.1, 0.15) is 5.75 Å². The molecule has 1 amide bonds. The van der Waals surface area contributed by atoms with Crippen LogP contribution >= 0.6 is 0 Å². The van der Waals surface area contributed by atoms with E-state index in [-0.39, 0.29) is 11.3 Å². The van der Waals surface area contributed by atoms with Crippen molar-refractivity contribution < 1.29 is 9.53 Å². The molecule has 0 atom stereocenters. The number of nitrogens with one attached hydrogen (secondary N) is 1. The van der Waals surface area contributed by atoms with Gasteiger partial charge in [0, 0.05) is 17.3 Å². The van der Waals surface area contributed by atoms with Crippen molar-refractivity contribution in [3.8, 4) is 5.75 Å². The van der Waals surface area contributed by atoms with Crippen molar-refractivity contribution in [3.05, 3.63) is 59.2 Å². The first-order valence-electron chi connectivity index (χ1n) is 7.38. The zero-order valence-electron chi connectivity index (χ0n) is 13.9. The molecule has 0 radical (unpaired) electrons. The Bertz CT molecular complexity index is 667. The smallest absolute Gasteiger partial charge is 0.255 e. The standard InChI is InChI=1S/C19H23NO2/c1-13-6-11-16(12-17(13)22-5)20-18(21)14-7-9-15(10-8-14)19(2,3)4/h6-12H,1-5H3,(H,20,21). The molecule has 0 fully saturated rings. The van der Waals surface area contributed by atoms with Gasteiger partial charge in [-0.05, 0) is 41.7 Å². The van der Waals surface area contributed by atoms with Crippen LogP contribution in [0.3, 0.4) is 0 Å². The van der Waals surface area contributed by atoms with Gasteiger partial charge in [-0.25, -0.2) is 0 Å². The Morgan fingerprint density at radius 2 is 1.68 bits per heavy atom. The molecule has 0 aliphatic carbocycles. The summed E-state index contributed by atoms with van der Waals surface area (Å²) >= 11 is 0. The minimum Gasteiger partial charge on any atom is -0.496 e. The van der Waals surface area contributed by atoms with E-state index in [4.69, 9.17) is 4.74 Å². The van der Waals surface area contributed by atoms with Crippen molar-refractivity contribution in [2.75, 3.05) is 12.4 Å². The summed E-state index contributed by atoms with van der Waals surface area (Å²) in [6.07, 6.45) is 0. The Morgan fingerprint density at radius 3 is 2.23 bits per heavy atom. The highest BCUT2D eigenvalue weighted by atomic mass is 16.5. The lowest BCUT2D eigenvalue weighted by atomic mass is 9.87. The van der Waals surface area contributed by atoms with E-state index in [1.807, 2.05) is 49.4 Å². The summed E-state index contributed by atoms with van der Waals surface area (Å²) in [5, 5.41) is 2.90. The number of amides is 1. The van der Waals surface area contributed by atoms with Gasteiger partial charge in [0.25, 0.3) is 5.91 Å². The van der Waals surface area contributed by atoms with E-state index in [0.29, 0.717) is 5.56 Å². The predicted molar refractivity (Wildman–Crippen MR) is 90.8 cm³/mol. The molecule has 0 aliphatic rings. The Morgan fingerprint density at radius 1 is 1.05 bits per heavy atom. The number of methoxy groups -OCH3 is 1. The highest BCUT2D eigenvalue weighted by molar-refractivity contribution is 6.04. The minimum absolute atomic E-state index is 0.0827. The van der Waals surface area contributed by atoms with E-state index in [2.05, 4.69) is 26.1 Å². The zero-order chi connectivity index (χ0) is 16.3. The molecule has 2 aromatic carbocycles. The van der Waals surface area contributed by atoms with E-state index in [9.17, 15) is 4.79 Å². The van der Waals surface area contributed by atoms with Gasteiger partial charge >= 0.3 is 0 Å². The predicted octanol–water partition coefficient (Wildman–Crippen LogP) is 4.55. The molecule has 2 aromatic rings. The van der Waals surface area contributed by atoms with Crippen LogP contribution in [0.4, 0.5) is 5.69 Å². The second-order valence-corrected chi connectivity index (χ2v) is 6.47. The van der Waals surface area contributed by atoms with Gasteiger partial charge in [0.2, 0.25) is 0 Å². The molecule has 0 aromatic heterocycles. The van der Waals surface area contributed by atoms with Gasteiger partial charge in [-0.1, -0.05) is 39.0 Å². The van der Waals surface area contributed by atoms with Gasteiger partial charge in [0.15, 0.2) is 0 Å². The molecule has 116 valence electrons. The fraction of sp³-hybridized carbons (Fsp3) is 0.316. The maximum absolute atomic E-state index is 12.3. The Balaban J connectivity index is 2.15. The quantitative estimate of drug-likeness (QED) is 0.902. The SMILES string of the molecule is COc1cc(NC(=O)c2ccc(C(C)(C)C)cc2)ccc1C. The van der Waals surface area contributed by atoms with Gasteiger partial charge in [-0.2, -0.15) is 0 Å². The highest BCUT2D eigenvalue weighted by Gasteiger charge is 2.14. The third-order valence-corrected chi connectivity index (χ3v) is 3.68. The molecule has 2 rings (SSSR count). The zero-order valence-corrected chi connectivity index (χ0v) is 13.9. The van der Waals surface area contributed by atoms with Gasteiger partial charge in [-0.15, -0.1) is 0 Å². The van der Waals surface area contributed by atoms with Gasteiger partial charge < -0.3 is 10.1 Å². The number of hydrogen-bond donors (Lipinski definition) is 1. The third-order valence-electron chi connectivity index (χ3n) is 3.68. The third kappa shape index (κ3) is 3.67.